The van der Waals surface area contributed by atoms with Gasteiger partial charge in [-0.15, -0.1) is 0 Å². The molecule has 2 fully saturated rings. The highest BCUT2D eigenvalue weighted by Crippen LogP contribution is 2.40. The first kappa shape index (κ1) is 12.0. The summed E-state index contributed by atoms with van der Waals surface area (Å²) in [5.41, 5.74) is 0. The topological polar surface area (TPSA) is 37.4 Å². The average molecular weight is 334 g/mol. The third-order valence-electron chi connectivity index (χ3n) is 3.27. The van der Waals surface area contributed by atoms with Crippen molar-refractivity contribution in [1.82, 2.24) is 4.31 Å². The summed E-state index contributed by atoms with van der Waals surface area (Å²) in [6.45, 7) is 0.674. The number of hydrogen-bond acceptors (Lipinski definition) is 3. The number of benzene rings is 1. The first-order valence-corrected chi connectivity index (χ1v) is 8.74. The standard InChI is InChI=1S/C11H12BrNO2S2/c12-8-1-3-11(4-2-8)17(14,15)13-6-10-5-9(13)7-16-10/h1-4,9-10H,5-7H2. The Morgan fingerprint density at radius 3 is 2.53 bits per heavy atom. The predicted octanol–water partition coefficient (Wildman–Crippen LogP) is 2.33. The van der Waals surface area contributed by atoms with Gasteiger partial charge in [0.2, 0.25) is 10.0 Å². The first-order valence-electron chi connectivity index (χ1n) is 5.46. The third-order valence-corrected chi connectivity index (χ3v) is 7.12. The van der Waals surface area contributed by atoms with Gasteiger partial charge < -0.3 is 0 Å². The highest BCUT2D eigenvalue weighted by Gasteiger charge is 2.44. The van der Waals surface area contributed by atoms with Crippen molar-refractivity contribution in [2.24, 2.45) is 0 Å². The van der Waals surface area contributed by atoms with E-state index in [0.29, 0.717) is 16.7 Å². The minimum atomic E-state index is -3.29. The van der Waals surface area contributed by atoms with Gasteiger partial charge in [-0.3, -0.25) is 0 Å². The van der Waals surface area contributed by atoms with Crippen LogP contribution in [0.15, 0.2) is 33.6 Å². The molecule has 0 spiro atoms. The van der Waals surface area contributed by atoms with Crippen molar-refractivity contribution >= 4 is 37.7 Å². The molecule has 2 atom stereocenters. The fourth-order valence-electron chi connectivity index (χ4n) is 2.40. The van der Waals surface area contributed by atoms with Gasteiger partial charge in [0.25, 0.3) is 0 Å². The molecule has 0 saturated carbocycles. The largest absolute Gasteiger partial charge is 0.243 e. The second kappa shape index (κ2) is 4.26. The molecule has 0 amide bonds. The molecule has 0 N–H and O–H groups in total. The summed E-state index contributed by atoms with van der Waals surface area (Å²) in [7, 11) is -3.29. The van der Waals surface area contributed by atoms with Crippen LogP contribution >= 0.6 is 27.7 Å². The van der Waals surface area contributed by atoms with E-state index in [0.717, 1.165) is 16.6 Å². The van der Waals surface area contributed by atoms with Gasteiger partial charge in [-0.2, -0.15) is 16.1 Å². The van der Waals surface area contributed by atoms with Gasteiger partial charge in [-0.05, 0) is 30.7 Å². The molecule has 2 saturated heterocycles. The van der Waals surface area contributed by atoms with E-state index in [4.69, 9.17) is 0 Å². The van der Waals surface area contributed by atoms with E-state index in [1.54, 1.807) is 28.6 Å². The van der Waals surface area contributed by atoms with Crippen LogP contribution in [0.2, 0.25) is 0 Å². The normalized spacial score (nSPS) is 28.8. The van der Waals surface area contributed by atoms with Crippen molar-refractivity contribution in [3.63, 3.8) is 0 Å². The minimum Gasteiger partial charge on any atom is -0.207 e. The molecule has 1 aromatic rings. The Labute approximate surface area is 114 Å². The Bertz CT molecular complexity index is 529. The SMILES string of the molecule is O=S(=O)(c1ccc(Br)cc1)N1CC2CC1CS2. The van der Waals surface area contributed by atoms with Crippen molar-refractivity contribution in [3.05, 3.63) is 28.7 Å². The summed E-state index contributed by atoms with van der Waals surface area (Å²) in [5, 5.41) is 0.505. The molecule has 2 bridgehead atoms. The molecule has 3 rings (SSSR count). The van der Waals surface area contributed by atoms with Crippen LogP contribution in [0, 0.1) is 0 Å². The Morgan fingerprint density at radius 2 is 2.00 bits per heavy atom. The van der Waals surface area contributed by atoms with Crippen molar-refractivity contribution < 1.29 is 8.42 Å². The van der Waals surface area contributed by atoms with Crippen LogP contribution in [0.25, 0.3) is 0 Å². The van der Waals surface area contributed by atoms with Crippen LogP contribution in [0.1, 0.15) is 6.42 Å². The van der Waals surface area contributed by atoms with Crippen LogP contribution in [-0.4, -0.2) is 36.3 Å². The van der Waals surface area contributed by atoms with Gasteiger partial charge in [0, 0.05) is 28.1 Å². The quantitative estimate of drug-likeness (QED) is 0.833. The first-order chi connectivity index (χ1) is 8.07. The van der Waals surface area contributed by atoms with Crippen LogP contribution in [0.3, 0.4) is 0 Å². The summed E-state index contributed by atoms with van der Waals surface area (Å²) in [6.07, 6.45) is 1.01. The minimum absolute atomic E-state index is 0.207. The zero-order chi connectivity index (χ0) is 12.0. The highest BCUT2D eigenvalue weighted by atomic mass is 79.9. The molecule has 2 unspecified atom stereocenters. The van der Waals surface area contributed by atoms with E-state index in [1.807, 2.05) is 11.8 Å². The summed E-state index contributed by atoms with van der Waals surface area (Å²) in [4.78, 5) is 0.401. The van der Waals surface area contributed by atoms with E-state index in [2.05, 4.69) is 15.9 Å². The lowest BCUT2D eigenvalue weighted by molar-refractivity contribution is 0.410. The van der Waals surface area contributed by atoms with E-state index in [1.165, 1.54) is 0 Å². The second-order valence-electron chi connectivity index (χ2n) is 4.37. The lowest BCUT2D eigenvalue weighted by Gasteiger charge is -2.25. The molecule has 6 heteroatoms. The zero-order valence-corrected chi connectivity index (χ0v) is 12.3. The predicted molar refractivity (Wildman–Crippen MR) is 72.7 cm³/mol. The Hall–Kier alpha value is -0.0400. The molecule has 0 aromatic heterocycles. The lowest BCUT2D eigenvalue weighted by Crippen LogP contribution is -2.39. The second-order valence-corrected chi connectivity index (χ2v) is 8.51. The van der Waals surface area contributed by atoms with Crippen LogP contribution < -0.4 is 0 Å². The maximum Gasteiger partial charge on any atom is 0.243 e. The summed E-state index contributed by atoms with van der Waals surface area (Å²) in [5.74, 6) is 0.945. The van der Waals surface area contributed by atoms with Crippen molar-refractivity contribution in [2.75, 3.05) is 12.3 Å². The Balaban J connectivity index is 1.93. The molecular formula is C11H12BrNO2S2. The van der Waals surface area contributed by atoms with Crippen molar-refractivity contribution in [3.8, 4) is 0 Å². The summed E-state index contributed by atoms with van der Waals surface area (Å²) in [6, 6.07) is 7.09. The Morgan fingerprint density at radius 1 is 1.29 bits per heavy atom. The molecular weight excluding hydrogens is 322 g/mol. The smallest absolute Gasteiger partial charge is 0.207 e. The number of thioether (sulfide) groups is 1. The third kappa shape index (κ3) is 2.05. The van der Waals surface area contributed by atoms with Gasteiger partial charge in [0.15, 0.2) is 0 Å². The maximum absolute atomic E-state index is 12.4. The molecule has 0 radical (unpaired) electrons. The number of halogens is 1. The maximum atomic E-state index is 12.4. The molecule has 2 heterocycles. The fraction of sp³-hybridized carbons (Fsp3) is 0.455. The summed E-state index contributed by atoms with van der Waals surface area (Å²) < 4.78 is 27.5. The molecule has 1 aromatic carbocycles. The van der Waals surface area contributed by atoms with Gasteiger partial charge >= 0.3 is 0 Å². The number of nitrogens with zero attached hydrogens (tertiary/aromatic N) is 1. The fourth-order valence-corrected chi connectivity index (χ4v) is 5.97. The molecule has 2 aliphatic heterocycles. The molecule has 92 valence electrons. The average Bonchev–Trinajstić information content (AvgIpc) is 2.91. The van der Waals surface area contributed by atoms with Crippen LogP contribution in [-0.2, 0) is 10.0 Å². The summed E-state index contributed by atoms with van der Waals surface area (Å²) >= 11 is 5.21. The molecule has 2 aliphatic rings. The van der Waals surface area contributed by atoms with Crippen molar-refractivity contribution in [1.29, 1.82) is 0 Å². The number of fused-ring (bicyclic) bond motifs is 2. The highest BCUT2D eigenvalue weighted by molar-refractivity contribution is 9.10. The molecule has 17 heavy (non-hydrogen) atoms. The van der Waals surface area contributed by atoms with Crippen LogP contribution in [0.4, 0.5) is 0 Å². The van der Waals surface area contributed by atoms with E-state index >= 15 is 0 Å². The number of sulfonamides is 1. The Kier molecular flexibility index (Phi) is 3.01. The van der Waals surface area contributed by atoms with Gasteiger partial charge in [-0.25, -0.2) is 8.42 Å². The zero-order valence-electron chi connectivity index (χ0n) is 9.04. The molecule has 0 aliphatic carbocycles. The molecule has 3 nitrogen and oxygen atoms in total. The van der Waals surface area contributed by atoms with E-state index in [9.17, 15) is 8.42 Å². The number of hydrogen-bond donors (Lipinski definition) is 0. The lowest BCUT2D eigenvalue weighted by atomic mass is 10.3. The van der Waals surface area contributed by atoms with E-state index in [-0.39, 0.29) is 6.04 Å². The van der Waals surface area contributed by atoms with Gasteiger partial charge in [-0.1, -0.05) is 15.9 Å². The van der Waals surface area contributed by atoms with Gasteiger partial charge in [0.1, 0.15) is 0 Å². The van der Waals surface area contributed by atoms with E-state index < -0.39 is 10.0 Å². The number of rotatable bonds is 2. The van der Waals surface area contributed by atoms with Gasteiger partial charge in [0.05, 0.1) is 4.90 Å². The van der Waals surface area contributed by atoms with Crippen molar-refractivity contribution in [2.45, 2.75) is 22.6 Å². The monoisotopic (exact) mass is 333 g/mol. The van der Waals surface area contributed by atoms with Crippen LogP contribution in [0.5, 0.6) is 0 Å².